The molecule has 3 N–H and O–H groups in total. The van der Waals surface area contributed by atoms with Crippen molar-refractivity contribution in [3.63, 3.8) is 0 Å². The lowest BCUT2D eigenvalue weighted by molar-refractivity contribution is -0.142. The van der Waals surface area contributed by atoms with Crippen molar-refractivity contribution in [2.24, 2.45) is 0 Å². The van der Waals surface area contributed by atoms with Gasteiger partial charge in [0, 0.05) is 11.8 Å². The van der Waals surface area contributed by atoms with E-state index in [1.54, 1.807) is 71.6 Å². The Labute approximate surface area is 260 Å². The van der Waals surface area contributed by atoms with E-state index < -0.39 is 19.4 Å². The number of carbonyl (C=O) groups is 3. The Balaban J connectivity index is 1.64. The van der Waals surface area contributed by atoms with Gasteiger partial charge in [-0.2, -0.15) is 10.4 Å². The van der Waals surface area contributed by atoms with Crippen LogP contribution >= 0.6 is 7.44 Å². The zero-order chi connectivity index (χ0) is 32.6. The summed E-state index contributed by atoms with van der Waals surface area (Å²) in [6.07, 6.45) is 0. The van der Waals surface area contributed by atoms with Crippen molar-refractivity contribution in [1.82, 2.24) is 29.5 Å². The summed E-state index contributed by atoms with van der Waals surface area (Å²) in [5, 5.41) is 22.4. The zero-order valence-electron chi connectivity index (χ0n) is 25.5. The Hall–Kier alpha value is -4.83. The number of ether oxygens (including phenoxy) is 2. The second-order valence-corrected chi connectivity index (χ2v) is 12.2. The number of hydrogen-bond acceptors (Lipinski definition) is 9. The van der Waals surface area contributed by atoms with Gasteiger partial charge in [-0.1, -0.05) is 12.1 Å². The number of benzene rings is 2. The average Bonchev–Trinajstić information content (AvgIpc) is 3.58. The molecule has 2 heterocycles. The summed E-state index contributed by atoms with van der Waals surface area (Å²) in [4.78, 5) is 41.9. The van der Waals surface area contributed by atoms with Crippen molar-refractivity contribution in [2.45, 2.75) is 40.8 Å². The fraction of sp³-hybridized carbons (Fsp3) is 0.333. The van der Waals surface area contributed by atoms with Gasteiger partial charge in [-0.3, -0.25) is 28.9 Å². The number of aromatic nitrogens is 4. The minimum absolute atomic E-state index is 0.168. The van der Waals surface area contributed by atoms with Crippen molar-refractivity contribution < 1.29 is 28.4 Å². The predicted molar refractivity (Wildman–Crippen MR) is 167 cm³/mol. The Morgan fingerprint density at radius 2 is 1.60 bits per heavy atom. The minimum Gasteiger partial charge on any atom is -0.465 e. The highest BCUT2D eigenvalue weighted by atomic mass is 31.2. The van der Waals surface area contributed by atoms with Crippen LogP contribution in [0.1, 0.15) is 48.1 Å². The highest BCUT2D eigenvalue weighted by molar-refractivity contribution is 7.67. The number of fused-ring (bicyclic) bond motifs is 1. The third kappa shape index (κ3) is 8.02. The maximum atomic E-state index is 13.9. The number of nitriles is 1. The molecule has 0 saturated carbocycles. The summed E-state index contributed by atoms with van der Waals surface area (Å²) in [5.41, 5.74) is 3.51. The van der Waals surface area contributed by atoms with E-state index in [1.807, 2.05) is 13.8 Å². The van der Waals surface area contributed by atoms with Crippen molar-refractivity contribution in [1.29, 1.82) is 5.26 Å². The molecule has 1 amide bonds. The fourth-order valence-electron chi connectivity index (χ4n) is 4.60. The van der Waals surface area contributed by atoms with E-state index in [0.717, 1.165) is 5.56 Å². The molecule has 14 nitrogen and oxygen atoms in total. The molecule has 0 aliphatic heterocycles. The van der Waals surface area contributed by atoms with Crippen LogP contribution in [-0.4, -0.2) is 63.5 Å². The minimum atomic E-state index is -3.65. The van der Waals surface area contributed by atoms with E-state index in [-0.39, 0.29) is 44.7 Å². The Kier molecular flexibility index (Phi) is 10.9. The van der Waals surface area contributed by atoms with Crippen LogP contribution in [-0.2, 0) is 36.7 Å². The Morgan fingerprint density at radius 3 is 2.18 bits per heavy atom. The third-order valence-corrected chi connectivity index (χ3v) is 8.91. The van der Waals surface area contributed by atoms with Crippen molar-refractivity contribution in [3.8, 4) is 6.07 Å². The summed E-state index contributed by atoms with van der Waals surface area (Å²) in [6.45, 7) is 7.47. The van der Waals surface area contributed by atoms with Crippen molar-refractivity contribution >= 4 is 47.6 Å². The number of aryl methyl sites for hydroxylation is 2. The first-order chi connectivity index (χ1) is 21.6. The Morgan fingerprint density at radius 1 is 0.956 bits per heavy atom. The van der Waals surface area contributed by atoms with Gasteiger partial charge in [0.1, 0.15) is 18.8 Å². The molecule has 2 aromatic heterocycles. The molecule has 4 rings (SSSR count). The van der Waals surface area contributed by atoms with Gasteiger partial charge in [0.2, 0.25) is 13.4 Å². The molecule has 4 aromatic rings. The van der Waals surface area contributed by atoms with E-state index in [0.29, 0.717) is 39.8 Å². The molecule has 0 aliphatic rings. The standard InChI is InChI=1S/C30H35N8O6P/c1-5-38-26(14-20(4)36-38)29(41)35-30-34-24-15-22(16-31)10-13-25(24)37(30)19-21-8-11-23(12-9-21)45(42,32-17-27(39)43-6-2)33-18-28(40)44-7-3/h8-15H,5-7,17-19H2,1-4H3,(H2,32,33,42)(H,34,35,41). The largest absolute Gasteiger partial charge is 0.465 e. The van der Waals surface area contributed by atoms with Gasteiger partial charge in [-0.25, -0.2) is 15.2 Å². The van der Waals surface area contributed by atoms with Gasteiger partial charge < -0.3 is 14.0 Å². The second-order valence-electron chi connectivity index (χ2n) is 9.83. The van der Waals surface area contributed by atoms with Gasteiger partial charge in [-0.05, 0) is 69.7 Å². The number of hydrogen-bond donors (Lipinski definition) is 3. The Bertz CT molecular complexity index is 1760. The van der Waals surface area contributed by atoms with Crippen LogP contribution in [0.4, 0.5) is 5.95 Å². The number of esters is 2. The summed E-state index contributed by atoms with van der Waals surface area (Å²) in [6, 6.07) is 15.6. The highest BCUT2D eigenvalue weighted by Crippen LogP contribution is 2.34. The lowest BCUT2D eigenvalue weighted by Crippen LogP contribution is -2.36. The van der Waals surface area contributed by atoms with Crippen LogP contribution in [0.25, 0.3) is 11.0 Å². The van der Waals surface area contributed by atoms with Crippen LogP contribution in [0.15, 0.2) is 48.5 Å². The molecular weight excluding hydrogens is 599 g/mol. The van der Waals surface area contributed by atoms with Crippen LogP contribution in [0.2, 0.25) is 0 Å². The van der Waals surface area contributed by atoms with E-state index in [4.69, 9.17) is 9.47 Å². The quantitative estimate of drug-likeness (QED) is 0.137. The molecule has 0 spiro atoms. The molecule has 0 unspecified atom stereocenters. The first-order valence-corrected chi connectivity index (χ1v) is 16.1. The molecule has 0 fully saturated rings. The molecule has 0 radical (unpaired) electrons. The lowest BCUT2D eigenvalue weighted by atomic mass is 10.2. The number of amides is 1. The fourth-order valence-corrected chi connectivity index (χ4v) is 6.35. The van der Waals surface area contributed by atoms with Gasteiger partial charge in [0.15, 0.2) is 0 Å². The maximum Gasteiger partial charge on any atom is 0.320 e. The second kappa shape index (κ2) is 14.8. The van der Waals surface area contributed by atoms with E-state index in [1.165, 1.54) is 0 Å². The van der Waals surface area contributed by atoms with Gasteiger partial charge in [0.25, 0.3) is 5.91 Å². The lowest BCUT2D eigenvalue weighted by Gasteiger charge is -2.21. The van der Waals surface area contributed by atoms with E-state index in [2.05, 4.69) is 31.6 Å². The first kappa shape index (κ1) is 33.1. The molecule has 2 aromatic carbocycles. The number of rotatable bonds is 14. The number of carbonyl (C=O) groups excluding carboxylic acids is 3. The van der Waals surface area contributed by atoms with Gasteiger partial charge in [-0.15, -0.1) is 0 Å². The number of nitrogens with one attached hydrogen (secondary N) is 3. The molecule has 0 saturated heterocycles. The molecular formula is C30H35N8O6P. The summed E-state index contributed by atoms with van der Waals surface area (Å²) >= 11 is 0. The summed E-state index contributed by atoms with van der Waals surface area (Å²) < 4.78 is 27.2. The van der Waals surface area contributed by atoms with Crippen LogP contribution < -0.4 is 20.8 Å². The smallest absolute Gasteiger partial charge is 0.320 e. The topological polar surface area (TPSA) is 182 Å². The normalized spacial score (nSPS) is 11.3. The van der Waals surface area contributed by atoms with Gasteiger partial charge in [0.05, 0.1) is 48.1 Å². The predicted octanol–water partition coefficient (Wildman–Crippen LogP) is 2.86. The number of imidazole rings is 1. The summed E-state index contributed by atoms with van der Waals surface area (Å²) in [5.74, 6) is -1.30. The molecule has 45 heavy (non-hydrogen) atoms. The molecule has 0 atom stereocenters. The molecule has 15 heteroatoms. The van der Waals surface area contributed by atoms with Crippen LogP contribution in [0.3, 0.4) is 0 Å². The zero-order valence-corrected chi connectivity index (χ0v) is 26.4. The van der Waals surface area contributed by atoms with E-state index in [9.17, 15) is 24.2 Å². The summed E-state index contributed by atoms with van der Waals surface area (Å²) in [7, 11) is -3.65. The average molecular weight is 635 g/mol. The number of anilines is 1. The molecule has 0 aliphatic carbocycles. The number of nitrogens with zero attached hydrogens (tertiary/aromatic N) is 5. The maximum absolute atomic E-state index is 13.9. The first-order valence-electron chi connectivity index (χ1n) is 14.4. The molecule has 236 valence electrons. The van der Waals surface area contributed by atoms with Crippen LogP contribution in [0.5, 0.6) is 0 Å². The monoisotopic (exact) mass is 634 g/mol. The van der Waals surface area contributed by atoms with Crippen molar-refractivity contribution in [2.75, 3.05) is 31.6 Å². The van der Waals surface area contributed by atoms with Crippen LogP contribution in [0, 0.1) is 18.3 Å². The molecule has 0 bridgehead atoms. The van der Waals surface area contributed by atoms with E-state index >= 15 is 0 Å². The third-order valence-electron chi connectivity index (χ3n) is 6.68. The van der Waals surface area contributed by atoms with Gasteiger partial charge >= 0.3 is 11.9 Å². The SMILES string of the molecule is CCOC(=O)CNP(=O)(NCC(=O)OCC)c1ccc(Cn2c(NC(=O)c3cc(C)nn3CC)nc3cc(C#N)ccc32)cc1. The highest BCUT2D eigenvalue weighted by Gasteiger charge is 2.27. The van der Waals surface area contributed by atoms with Crippen molar-refractivity contribution in [3.05, 3.63) is 71.0 Å².